The average molecular weight is 357 g/mol. The predicted molar refractivity (Wildman–Crippen MR) is 102 cm³/mol. The van der Waals surface area contributed by atoms with E-state index in [-0.39, 0.29) is 18.4 Å². The van der Waals surface area contributed by atoms with E-state index in [1.54, 1.807) is 0 Å². The van der Waals surface area contributed by atoms with Crippen LogP contribution in [0.3, 0.4) is 0 Å². The Hall–Kier alpha value is -1.68. The van der Waals surface area contributed by atoms with Crippen LogP contribution in [0.5, 0.6) is 0 Å². The molecule has 0 unspecified atom stereocenters. The summed E-state index contributed by atoms with van der Waals surface area (Å²) in [6.07, 6.45) is 8.63. The monoisotopic (exact) mass is 357 g/mol. The molecule has 1 heterocycles. The normalized spacial score (nSPS) is 24.8. The number of hydrogen-bond acceptors (Lipinski definition) is 4. The molecule has 1 aliphatic carbocycles. The van der Waals surface area contributed by atoms with Crippen LogP contribution in [-0.2, 0) is 20.9 Å². The average Bonchev–Trinajstić information content (AvgIpc) is 2.95. The van der Waals surface area contributed by atoms with Crippen molar-refractivity contribution in [2.45, 2.75) is 64.4 Å². The fourth-order valence-corrected chi connectivity index (χ4v) is 4.24. The Balaban J connectivity index is 1.64. The molecule has 1 aliphatic heterocycles. The lowest BCUT2D eigenvalue weighted by atomic mass is 9.70. The number of rotatable bonds is 6. The minimum absolute atomic E-state index is 0.0941. The van der Waals surface area contributed by atoms with E-state index in [1.165, 1.54) is 25.7 Å². The molecule has 0 N–H and O–H groups in total. The molecule has 0 spiro atoms. The van der Waals surface area contributed by atoms with E-state index >= 15 is 0 Å². The van der Waals surface area contributed by atoms with Gasteiger partial charge in [0, 0.05) is 6.42 Å². The first-order valence-corrected chi connectivity index (χ1v) is 10.2. The summed E-state index contributed by atoms with van der Waals surface area (Å²) in [6.45, 7) is 3.25. The van der Waals surface area contributed by atoms with Crippen LogP contribution in [0.2, 0.25) is 0 Å². The van der Waals surface area contributed by atoms with Gasteiger partial charge in [0.15, 0.2) is 0 Å². The van der Waals surface area contributed by atoms with E-state index in [0.717, 1.165) is 38.0 Å². The highest BCUT2D eigenvalue weighted by molar-refractivity contribution is 6.04. The van der Waals surface area contributed by atoms with E-state index in [2.05, 4.69) is 4.90 Å². The summed E-state index contributed by atoms with van der Waals surface area (Å²) in [7, 11) is 0. The van der Waals surface area contributed by atoms with Gasteiger partial charge in [0.2, 0.25) is 0 Å². The van der Waals surface area contributed by atoms with Crippen molar-refractivity contribution in [3.63, 3.8) is 0 Å². The van der Waals surface area contributed by atoms with Crippen LogP contribution < -0.4 is 0 Å². The number of Topliss-reactive ketones (excluding diaryl/α,β-unsaturated/α-hetero) is 1. The molecule has 3 rings (SSSR count). The van der Waals surface area contributed by atoms with E-state index in [4.69, 9.17) is 4.74 Å². The lowest BCUT2D eigenvalue weighted by molar-refractivity contribution is -0.164. The molecule has 4 heteroatoms. The molecule has 142 valence electrons. The van der Waals surface area contributed by atoms with Gasteiger partial charge in [-0.15, -0.1) is 0 Å². The van der Waals surface area contributed by atoms with E-state index < -0.39 is 5.41 Å². The van der Waals surface area contributed by atoms with Crippen molar-refractivity contribution in [3.8, 4) is 0 Å². The maximum absolute atomic E-state index is 13.0. The van der Waals surface area contributed by atoms with Crippen LogP contribution in [0.4, 0.5) is 0 Å². The third kappa shape index (κ3) is 4.73. The number of hydrogen-bond donors (Lipinski definition) is 0. The van der Waals surface area contributed by atoms with Crippen LogP contribution in [-0.4, -0.2) is 36.3 Å². The largest absolute Gasteiger partial charge is 0.460 e. The van der Waals surface area contributed by atoms with E-state index in [0.29, 0.717) is 19.3 Å². The van der Waals surface area contributed by atoms with Crippen LogP contribution in [0, 0.1) is 5.41 Å². The third-order valence-electron chi connectivity index (χ3n) is 5.95. The van der Waals surface area contributed by atoms with Gasteiger partial charge >= 0.3 is 5.97 Å². The molecular weight excluding hydrogens is 326 g/mol. The highest BCUT2D eigenvalue weighted by atomic mass is 16.5. The number of nitrogens with zero attached hydrogens (tertiary/aromatic N) is 1. The Labute approximate surface area is 156 Å². The second-order valence-corrected chi connectivity index (χ2v) is 7.78. The lowest BCUT2D eigenvalue weighted by Crippen LogP contribution is -2.45. The molecule has 0 amide bonds. The van der Waals surface area contributed by atoms with Crippen LogP contribution in [0.1, 0.15) is 63.4 Å². The molecule has 2 aliphatic rings. The van der Waals surface area contributed by atoms with Crippen molar-refractivity contribution < 1.29 is 14.3 Å². The zero-order chi connectivity index (χ0) is 18.2. The van der Waals surface area contributed by atoms with Crippen molar-refractivity contribution in [1.82, 2.24) is 4.90 Å². The second-order valence-electron chi connectivity index (χ2n) is 7.78. The molecule has 0 bridgehead atoms. The first-order chi connectivity index (χ1) is 12.7. The minimum Gasteiger partial charge on any atom is -0.460 e. The summed E-state index contributed by atoms with van der Waals surface area (Å²) >= 11 is 0. The number of likely N-dealkylation sites (tertiary alicyclic amines) is 1. The van der Waals surface area contributed by atoms with Crippen LogP contribution in [0.25, 0.3) is 0 Å². The maximum atomic E-state index is 13.0. The Morgan fingerprint density at radius 1 is 1.00 bits per heavy atom. The van der Waals surface area contributed by atoms with E-state index in [9.17, 15) is 9.59 Å². The minimum atomic E-state index is -0.917. The number of ether oxygens (including phenoxy) is 1. The molecule has 1 aromatic rings. The fraction of sp³-hybridized carbons (Fsp3) is 0.636. The van der Waals surface area contributed by atoms with Gasteiger partial charge in [-0.3, -0.25) is 9.59 Å². The Morgan fingerprint density at radius 3 is 2.42 bits per heavy atom. The van der Waals surface area contributed by atoms with Gasteiger partial charge in [-0.25, -0.2) is 0 Å². The summed E-state index contributed by atoms with van der Waals surface area (Å²) < 4.78 is 5.63. The number of ketones is 1. The topological polar surface area (TPSA) is 46.6 Å². The zero-order valence-electron chi connectivity index (χ0n) is 15.8. The van der Waals surface area contributed by atoms with Gasteiger partial charge in [-0.1, -0.05) is 49.6 Å². The van der Waals surface area contributed by atoms with Crippen LogP contribution in [0.15, 0.2) is 30.3 Å². The Morgan fingerprint density at radius 2 is 1.73 bits per heavy atom. The molecule has 2 fully saturated rings. The summed E-state index contributed by atoms with van der Waals surface area (Å²) in [5.74, 6) is -0.211. The van der Waals surface area contributed by atoms with Crippen LogP contribution >= 0.6 is 0 Å². The SMILES string of the molecule is O=C1CCCC[C@]1(CCN1CCCCCC1)C(=O)OCc1ccccc1. The molecule has 0 aromatic heterocycles. The van der Waals surface area contributed by atoms with Gasteiger partial charge < -0.3 is 9.64 Å². The predicted octanol–water partition coefficient (Wildman–Crippen LogP) is 4.13. The second kappa shape index (κ2) is 9.31. The van der Waals surface area contributed by atoms with E-state index in [1.807, 2.05) is 30.3 Å². The molecule has 1 saturated heterocycles. The number of benzene rings is 1. The molecule has 1 atom stereocenters. The highest BCUT2D eigenvalue weighted by Crippen LogP contribution is 2.38. The molecule has 0 radical (unpaired) electrons. The smallest absolute Gasteiger partial charge is 0.320 e. The first-order valence-electron chi connectivity index (χ1n) is 10.2. The van der Waals surface area contributed by atoms with Crippen molar-refractivity contribution in [3.05, 3.63) is 35.9 Å². The molecular formula is C22H31NO3. The van der Waals surface area contributed by atoms with Gasteiger partial charge in [0.05, 0.1) is 0 Å². The molecule has 1 saturated carbocycles. The summed E-state index contributed by atoms with van der Waals surface area (Å²) in [4.78, 5) is 28.2. The summed E-state index contributed by atoms with van der Waals surface area (Å²) in [5.41, 5.74) is 0.0473. The fourth-order valence-electron chi connectivity index (χ4n) is 4.24. The summed E-state index contributed by atoms with van der Waals surface area (Å²) in [6, 6.07) is 9.70. The maximum Gasteiger partial charge on any atom is 0.320 e. The molecule has 1 aromatic carbocycles. The van der Waals surface area contributed by atoms with Crippen molar-refractivity contribution in [1.29, 1.82) is 0 Å². The van der Waals surface area contributed by atoms with Gasteiger partial charge in [0.1, 0.15) is 17.8 Å². The summed E-state index contributed by atoms with van der Waals surface area (Å²) in [5, 5.41) is 0. The molecule has 26 heavy (non-hydrogen) atoms. The van der Waals surface area contributed by atoms with Crippen molar-refractivity contribution in [2.75, 3.05) is 19.6 Å². The number of carbonyl (C=O) groups is 2. The standard InChI is InChI=1S/C22H31NO3/c24-20-12-6-7-13-22(20,14-17-23-15-8-1-2-9-16-23)21(25)26-18-19-10-4-3-5-11-19/h3-5,10-11H,1-2,6-9,12-18H2/t22-/m1/s1. The quantitative estimate of drug-likeness (QED) is 0.567. The number of esters is 1. The number of carbonyl (C=O) groups excluding carboxylic acids is 2. The lowest BCUT2D eigenvalue weighted by Gasteiger charge is -2.35. The Kier molecular flexibility index (Phi) is 6.84. The molecule has 4 nitrogen and oxygen atoms in total. The van der Waals surface area contributed by atoms with Crippen molar-refractivity contribution >= 4 is 11.8 Å². The first kappa shape index (κ1) is 19.1. The van der Waals surface area contributed by atoms with Gasteiger partial charge in [-0.2, -0.15) is 0 Å². The van der Waals surface area contributed by atoms with Gasteiger partial charge in [0.25, 0.3) is 0 Å². The third-order valence-corrected chi connectivity index (χ3v) is 5.95. The highest BCUT2D eigenvalue weighted by Gasteiger charge is 2.47. The van der Waals surface area contributed by atoms with Crippen molar-refractivity contribution in [2.24, 2.45) is 5.41 Å². The zero-order valence-corrected chi connectivity index (χ0v) is 15.8. The van der Waals surface area contributed by atoms with Gasteiger partial charge in [-0.05, 0) is 57.3 Å². The Bertz CT molecular complexity index is 593.